The smallest absolute Gasteiger partial charge is 0.323 e. The molecule has 0 radical (unpaired) electrons. The molecule has 2 aromatic carbocycles. The van der Waals surface area contributed by atoms with Gasteiger partial charge in [-0.3, -0.25) is 4.79 Å². The van der Waals surface area contributed by atoms with Crippen molar-refractivity contribution in [2.45, 2.75) is 31.3 Å². The molecule has 2 atom stereocenters. The number of likely N-dealkylation sites (tertiary alicyclic amines) is 1. The highest BCUT2D eigenvalue weighted by molar-refractivity contribution is 6.01. The first-order chi connectivity index (χ1) is 16.0. The van der Waals surface area contributed by atoms with Crippen molar-refractivity contribution in [2.75, 3.05) is 17.2 Å². The van der Waals surface area contributed by atoms with Crippen LogP contribution in [0.2, 0.25) is 0 Å². The van der Waals surface area contributed by atoms with Crippen LogP contribution in [0.5, 0.6) is 0 Å². The van der Waals surface area contributed by atoms with E-state index in [1.807, 2.05) is 18.2 Å². The maximum absolute atomic E-state index is 12.8. The van der Waals surface area contributed by atoms with E-state index in [0.717, 1.165) is 22.9 Å². The number of benzene rings is 2. The second-order valence-electron chi connectivity index (χ2n) is 7.98. The Morgan fingerprint density at radius 1 is 1.18 bits per heavy atom. The number of rotatable bonds is 5. The minimum Gasteiger partial charge on any atom is -0.361 e. The van der Waals surface area contributed by atoms with Gasteiger partial charge in [-0.2, -0.15) is 10.5 Å². The van der Waals surface area contributed by atoms with Gasteiger partial charge < -0.3 is 26.3 Å². The van der Waals surface area contributed by atoms with Crippen molar-refractivity contribution in [1.29, 1.82) is 10.5 Å². The zero-order chi connectivity index (χ0) is 23.4. The summed E-state index contributed by atoms with van der Waals surface area (Å²) in [6.07, 6.45) is 3.60. The van der Waals surface area contributed by atoms with Gasteiger partial charge in [-0.15, -0.1) is 0 Å². The number of hydrogen-bond donors (Lipinski definition) is 4. The third-order valence-corrected chi connectivity index (χ3v) is 5.72. The van der Waals surface area contributed by atoms with Crippen LogP contribution in [0.15, 0.2) is 48.7 Å². The van der Waals surface area contributed by atoms with Crippen LogP contribution in [-0.4, -0.2) is 40.5 Å². The predicted octanol–water partition coefficient (Wildman–Crippen LogP) is 3.07. The van der Waals surface area contributed by atoms with Crippen molar-refractivity contribution >= 4 is 34.2 Å². The first-order valence-corrected chi connectivity index (χ1v) is 10.6. The summed E-state index contributed by atoms with van der Waals surface area (Å²) in [5, 5.41) is 24.6. The number of amides is 3. The average Bonchev–Trinajstić information content (AvgIpc) is 3.45. The van der Waals surface area contributed by atoms with Crippen LogP contribution < -0.4 is 16.4 Å². The fraction of sp³-hybridized carbons (Fsp3) is 0.250. The summed E-state index contributed by atoms with van der Waals surface area (Å²) in [7, 11) is 0. The zero-order valence-electron chi connectivity index (χ0n) is 17.8. The molecule has 5 N–H and O–H groups in total. The van der Waals surface area contributed by atoms with Crippen LogP contribution in [0.3, 0.4) is 0 Å². The quantitative estimate of drug-likeness (QED) is 0.480. The second kappa shape index (κ2) is 9.43. The van der Waals surface area contributed by atoms with Gasteiger partial charge in [0.15, 0.2) is 0 Å². The van der Waals surface area contributed by atoms with E-state index in [0.29, 0.717) is 36.3 Å². The van der Waals surface area contributed by atoms with Gasteiger partial charge in [0.1, 0.15) is 6.04 Å². The number of nitriles is 2. The SMILES string of the molecule is N#Cc1cccc(NC(=O)Nc2ccc3[nH]cc(C[C@H](N)C(=O)N4CCC[C@@H]4C#N)c3c2)c1. The number of nitrogens with one attached hydrogen (secondary N) is 3. The molecule has 1 fully saturated rings. The highest BCUT2D eigenvalue weighted by Crippen LogP contribution is 2.25. The van der Waals surface area contributed by atoms with Crippen LogP contribution in [0.1, 0.15) is 24.0 Å². The molecular formula is C24H23N7O2. The van der Waals surface area contributed by atoms with Crippen molar-refractivity contribution in [3.8, 4) is 12.1 Å². The number of hydrogen-bond acceptors (Lipinski definition) is 5. The molecule has 1 saturated heterocycles. The van der Waals surface area contributed by atoms with Gasteiger partial charge >= 0.3 is 6.03 Å². The van der Waals surface area contributed by atoms with Gasteiger partial charge in [0.2, 0.25) is 5.91 Å². The number of aromatic amines is 1. The predicted molar refractivity (Wildman–Crippen MR) is 124 cm³/mol. The molecule has 1 aliphatic heterocycles. The molecular weight excluding hydrogens is 418 g/mol. The molecule has 1 aliphatic rings. The fourth-order valence-corrected chi connectivity index (χ4v) is 4.09. The van der Waals surface area contributed by atoms with Crippen LogP contribution in [0, 0.1) is 22.7 Å². The standard InChI is InChI=1S/C24H23N7O2/c25-12-15-3-1-4-17(9-15)29-24(33)30-18-6-7-22-20(11-18)16(14-28-22)10-21(27)23(32)31-8-2-5-19(31)13-26/h1,3-4,6-7,9,11,14,19,21,28H,2,5,8,10,27H2,(H2,29,30,33)/t19-,21+/m1/s1. The Hall–Kier alpha value is -4.34. The second-order valence-corrected chi connectivity index (χ2v) is 7.98. The first kappa shape index (κ1) is 21.9. The summed E-state index contributed by atoms with van der Waals surface area (Å²) in [4.78, 5) is 29.9. The number of anilines is 2. The Labute approximate surface area is 190 Å². The number of nitrogens with zero attached hydrogens (tertiary/aromatic N) is 3. The van der Waals surface area contributed by atoms with Gasteiger partial charge in [-0.1, -0.05) is 6.07 Å². The van der Waals surface area contributed by atoms with Crippen LogP contribution >= 0.6 is 0 Å². The lowest BCUT2D eigenvalue weighted by Gasteiger charge is -2.23. The summed E-state index contributed by atoms with van der Waals surface area (Å²) in [6.45, 7) is 0.555. The maximum atomic E-state index is 12.8. The molecule has 9 heteroatoms. The summed E-state index contributed by atoms with van der Waals surface area (Å²) in [6, 6.07) is 14.6. The van der Waals surface area contributed by atoms with E-state index in [1.165, 1.54) is 0 Å². The fourth-order valence-electron chi connectivity index (χ4n) is 4.09. The average molecular weight is 441 g/mol. The van der Waals surface area contributed by atoms with Crippen molar-refractivity contribution in [2.24, 2.45) is 5.73 Å². The summed E-state index contributed by atoms with van der Waals surface area (Å²) in [5.41, 5.74) is 9.45. The monoisotopic (exact) mass is 441 g/mol. The number of aromatic nitrogens is 1. The minimum absolute atomic E-state index is 0.221. The largest absolute Gasteiger partial charge is 0.361 e. The third-order valence-electron chi connectivity index (χ3n) is 5.72. The number of H-pyrrole nitrogens is 1. The number of nitrogens with two attached hydrogens (primary N) is 1. The number of carbonyl (C=O) groups is 2. The first-order valence-electron chi connectivity index (χ1n) is 10.6. The van der Waals surface area contributed by atoms with E-state index < -0.39 is 18.1 Å². The van der Waals surface area contributed by atoms with Gasteiger partial charge in [-0.05, 0) is 61.2 Å². The lowest BCUT2D eigenvalue weighted by Crippen LogP contribution is -2.46. The molecule has 4 rings (SSSR count). The van der Waals surface area contributed by atoms with Crippen LogP contribution in [-0.2, 0) is 11.2 Å². The van der Waals surface area contributed by atoms with Gasteiger partial charge in [0.05, 0.1) is 23.7 Å². The van der Waals surface area contributed by atoms with E-state index in [-0.39, 0.29) is 5.91 Å². The van der Waals surface area contributed by atoms with Crippen LogP contribution in [0.4, 0.5) is 16.2 Å². The highest BCUT2D eigenvalue weighted by Gasteiger charge is 2.31. The van der Waals surface area contributed by atoms with Crippen molar-refractivity contribution in [3.05, 3.63) is 59.8 Å². The molecule has 2 heterocycles. The highest BCUT2D eigenvalue weighted by atomic mass is 16.2. The van der Waals surface area contributed by atoms with Crippen molar-refractivity contribution in [1.82, 2.24) is 9.88 Å². The normalized spacial score (nSPS) is 16.1. The van der Waals surface area contributed by atoms with E-state index in [2.05, 4.69) is 21.7 Å². The Bertz CT molecular complexity index is 1280. The van der Waals surface area contributed by atoms with E-state index >= 15 is 0 Å². The Kier molecular flexibility index (Phi) is 6.25. The molecule has 33 heavy (non-hydrogen) atoms. The zero-order valence-corrected chi connectivity index (χ0v) is 17.8. The maximum Gasteiger partial charge on any atom is 0.323 e. The molecule has 0 unspecified atom stereocenters. The molecule has 0 saturated carbocycles. The Balaban J connectivity index is 1.46. The molecule has 3 amide bonds. The number of fused-ring (bicyclic) bond motifs is 1. The van der Waals surface area contributed by atoms with E-state index in [1.54, 1.807) is 41.4 Å². The number of urea groups is 1. The minimum atomic E-state index is -0.759. The molecule has 0 spiro atoms. The molecule has 166 valence electrons. The lowest BCUT2D eigenvalue weighted by atomic mass is 10.0. The summed E-state index contributed by atoms with van der Waals surface area (Å²) >= 11 is 0. The van der Waals surface area contributed by atoms with Crippen molar-refractivity contribution in [3.63, 3.8) is 0 Å². The molecule has 0 bridgehead atoms. The van der Waals surface area contributed by atoms with Gasteiger partial charge in [0.25, 0.3) is 0 Å². The molecule has 9 nitrogen and oxygen atoms in total. The van der Waals surface area contributed by atoms with Gasteiger partial charge in [0, 0.05) is 35.0 Å². The van der Waals surface area contributed by atoms with Gasteiger partial charge in [-0.25, -0.2) is 4.79 Å². The summed E-state index contributed by atoms with van der Waals surface area (Å²) < 4.78 is 0. The molecule has 0 aliphatic carbocycles. The lowest BCUT2D eigenvalue weighted by molar-refractivity contribution is -0.132. The Morgan fingerprint density at radius 2 is 1.97 bits per heavy atom. The Morgan fingerprint density at radius 3 is 2.73 bits per heavy atom. The molecule has 1 aromatic heterocycles. The van der Waals surface area contributed by atoms with E-state index in [4.69, 9.17) is 11.0 Å². The third kappa shape index (κ3) is 4.79. The number of carbonyl (C=O) groups excluding carboxylic acids is 2. The molecule has 3 aromatic rings. The summed E-state index contributed by atoms with van der Waals surface area (Å²) in [5.74, 6) is -0.221. The van der Waals surface area contributed by atoms with Crippen LogP contribution in [0.25, 0.3) is 10.9 Å². The van der Waals surface area contributed by atoms with Crippen molar-refractivity contribution < 1.29 is 9.59 Å². The topological polar surface area (TPSA) is 151 Å². The van der Waals surface area contributed by atoms with E-state index in [9.17, 15) is 14.9 Å².